The Kier molecular flexibility index (Phi) is 1.73. The molecule has 2 rings (SSSR count). The lowest BCUT2D eigenvalue weighted by Gasteiger charge is -1.95. The van der Waals surface area contributed by atoms with Gasteiger partial charge in [-0.3, -0.25) is 4.79 Å². The van der Waals surface area contributed by atoms with Crippen LogP contribution in [0.25, 0.3) is 11.0 Å². The first-order valence-electron chi connectivity index (χ1n) is 3.44. The molecule has 0 bridgehead atoms. The Balaban J connectivity index is 2.86. The van der Waals surface area contributed by atoms with Gasteiger partial charge in [-0.05, 0) is 34.1 Å². The van der Waals surface area contributed by atoms with E-state index in [1.54, 1.807) is 18.4 Å². The average molecular weight is 225 g/mol. The van der Waals surface area contributed by atoms with Gasteiger partial charge in [0.2, 0.25) is 0 Å². The van der Waals surface area contributed by atoms with Gasteiger partial charge in [0.25, 0.3) is 0 Å². The third-order valence-corrected chi connectivity index (χ3v) is 2.61. The second kappa shape index (κ2) is 2.75. The van der Waals surface area contributed by atoms with Crippen LogP contribution in [0.4, 0.5) is 0 Å². The van der Waals surface area contributed by atoms with E-state index in [-0.39, 0.29) is 0 Å². The summed E-state index contributed by atoms with van der Waals surface area (Å²) in [5.41, 5.74) is 1.43. The van der Waals surface area contributed by atoms with E-state index < -0.39 is 0 Å². The fraction of sp³-hybridized carbons (Fsp3) is 0. The van der Waals surface area contributed by atoms with Crippen molar-refractivity contribution < 1.29 is 9.21 Å². The van der Waals surface area contributed by atoms with Gasteiger partial charge < -0.3 is 4.42 Å². The van der Waals surface area contributed by atoms with Crippen LogP contribution in [-0.2, 0) is 0 Å². The third-order valence-electron chi connectivity index (χ3n) is 1.73. The first-order chi connectivity index (χ1) is 5.83. The van der Waals surface area contributed by atoms with Gasteiger partial charge in [0.05, 0.1) is 6.26 Å². The summed E-state index contributed by atoms with van der Waals surface area (Å²) in [5, 5.41) is 0.930. The van der Waals surface area contributed by atoms with Crippen LogP contribution in [0.15, 0.2) is 33.4 Å². The van der Waals surface area contributed by atoms with E-state index in [2.05, 4.69) is 15.9 Å². The number of hydrogen-bond acceptors (Lipinski definition) is 2. The Morgan fingerprint density at radius 2 is 2.17 bits per heavy atom. The van der Waals surface area contributed by atoms with E-state index in [1.165, 1.54) is 0 Å². The molecule has 0 amide bonds. The molecule has 0 aliphatic rings. The number of fused-ring (bicyclic) bond motifs is 1. The highest BCUT2D eigenvalue weighted by Crippen LogP contribution is 2.27. The number of carbonyl (C=O) groups is 1. The van der Waals surface area contributed by atoms with E-state index in [0.717, 1.165) is 21.7 Å². The largest absolute Gasteiger partial charge is 0.464 e. The highest BCUT2D eigenvalue weighted by atomic mass is 79.9. The van der Waals surface area contributed by atoms with Gasteiger partial charge in [0.1, 0.15) is 5.58 Å². The molecule has 0 aliphatic heterocycles. The predicted octanol–water partition coefficient (Wildman–Crippen LogP) is 3.01. The molecule has 0 spiro atoms. The molecule has 60 valence electrons. The van der Waals surface area contributed by atoms with E-state index in [1.807, 2.05) is 6.07 Å². The highest BCUT2D eigenvalue weighted by molar-refractivity contribution is 9.10. The number of halogens is 1. The zero-order valence-corrected chi connectivity index (χ0v) is 7.67. The first kappa shape index (κ1) is 7.55. The highest BCUT2D eigenvalue weighted by Gasteiger charge is 2.05. The van der Waals surface area contributed by atoms with Crippen LogP contribution < -0.4 is 0 Å². The molecular weight excluding hydrogens is 220 g/mol. The van der Waals surface area contributed by atoms with Crippen LogP contribution in [0.1, 0.15) is 10.4 Å². The lowest BCUT2D eigenvalue weighted by molar-refractivity contribution is 0.112. The van der Waals surface area contributed by atoms with Gasteiger partial charge >= 0.3 is 0 Å². The summed E-state index contributed by atoms with van der Waals surface area (Å²) in [5.74, 6) is 0. The van der Waals surface area contributed by atoms with Crippen molar-refractivity contribution in [3.05, 3.63) is 34.5 Å². The minimum Gasteiger partial charge on any atom is -0.464 e. The lowest BCUT2D eigenvalue weighted by atomic mass is 10.2. The number of carbonyl (C=O) groups excluding carboxylic acids is 1. The number of furan rings is 1. The summed E-state index contributed by atoms with van der Waals surface area (Å²) in [6.45, 7) is 0. The van der Waals surface area contributed by atoms with Crippen molar-refractivity contribution >= 4 is 33.2 Å². The Morgan fingerprint density at radius 1 is 1.33 bits per heavy atom. The molecule has 0 atom stereocenters. The van der Waals surface area contributed by atoms with Crippen molar-refractivity contribution in [1.29, 1.82) is 0 Å². The van der Waals surface area contributed by atoms with Crippen molar-refractivity contribution in [3.8, 4) is 0 Å². The SMILES string of the molecule is O=Cc1ccc2occc2c1Br. The van der Waals surface area contributed by atoms with E-state index in [0.29, 0.717) is 5.56 Å². The molecule has 0 saturated heterocycles. The van der Waals surface area contributed by atoms with Gasteiger partial charge in [-0.1, -0.05) is 0 Å². The van der Waals surface area contributed by atoms with Crippen LogP contribution in [0, 0.1) is 0 Å². The maximum Gasteiger partial charge on any atom is 0.151 e. The molecule has 0 aliphatic carbocycles. The molecule has 12 heavy (non-hydrogen) atoms. The van der Waals surface area contributed by atoms with Gasteiger partial charge in [0.15, 0.2) is 6.29 Å². The molecule has 1 aromatic carbocycles. The van der Waals surface area contributed by atoms with Crippen molar-refractivity contribution in [2.24, 2.45) is 0 Å². The molecular formula is C9H5BrO2. The second-order valence-corrected chi connectivity index (χ2v) is 3.21. The zero-order valence-electron chi connectivity index (χ0n) is 6.08. The van der Waals surface area contributed by atoms with Gasteiger partial charge in [0, 0.05) is 15.4 Å². The first-order valence-corrected chi connectivity index (χ1v) is 4.23. The Labute approximate surface area is 77.3 Å². The maximum absolute atomic E-state index is 10.5. The summed E-state index contributed by atoms with van der Waals surface area (Å²) in [6.07, 6.45) is 2.42. The number of rotatable bonds is 1. The fourth-order valence-corrected chi connectivity index (χ4v) is 1.67. The van der Waals surface area contributed by atoms with E-state index in [9.17, 15) is 4.79 Å². The Morgan fingerprint density at radius 3 is 2.92 bits per heavy atom. The van der Waals surface area contributed by atoms with Crippen molar-refractivity contribution in [2.75, 3.05) is 0 Å². The molecule has 3 heteroatoms. The van der Waals surface area contributed by atoms with E-state index in [4.69, 9.17) is 4.42 Å². The summed E-state index contributed by atoms with van der Waals surface area (Å²) in [4.78, 5) is 10.5. The minimum atomic E-state index is 0.643. The number of benzene rings is 1. The zero-order chi connectivity index (χ0) is 8.55. The molecule has 2 nitrogen and oxygen atoms in total. The molecule has 0 fully saturated rings. The summed E-state index contributed by atoms with van der Waals surface area (Å²) >= 11 is 3.33. The summed E-state index contributed by atoms with van der Waals surface area (Å²) in [7, 11) is 0. The summed E-state index contributed by atoms with van der Waals surface area (Å²) < 4.78 is 5.95. The second-order valence-electron chi connectivity index (χ2n) is 2.42. The van der Waals surface area contributed by atoms with Gasteiger partial charge in [-0.2, -0.15) is 0 Å². The Hall–Kier alpha value is -1.09. The van der Waals surface area contributed by atoms with Crippen molar-refractivity contribution in [1.82, 2.24) is 0 Å². The molecule has 0 radical (unpaired) electrons. The standard InChI is InChI=1S/C9H5BrO2/c10-9-6(5-11)1-2-8-7(9)3-4-12-8/h1-5H. The van der Waals surface area contributed by atoms with Crippen molar-refractivity contribution in [2.45, 2.75) is 0 Å². The van der Waals surface area contributed by atoms with Crippen LogP contribution in [-0.4, -0.2) is 6.29 Å². The molecule has 0 unspecified atom stereocenters. The van der Waals surface area contributed by atoms with Crippen LogP contribution in [0.5, 0.6) is 0 Å². The molecule has 1 aromatic heterocycles. The van der Waals surface area contributed by atoms with Crippen LogP contribution in [0.3, 0.4) is 0 Å². The number of hydrogen-bond donors (Lipinski definition) is 0. The average Bonchev–Trinajstić information content (AvgIpc) is 2.53. The predicted molar refractivity (Wildman–Crippen MR) is 49.3 cm³/mol. The number of aldehydes is 1. The van der Waals surface area contributed by atoms with E-state index >= 15 is 0 Å². The van der Waals surface area contributed by atoms with Gasteiger partial charge in [-0.25, -0.2) is 0 Å². The normalized spacial score (nSPS) is 10.4. The topological polar surface area (TPSA) is 30.2 Å². The molecule has 0 saturated carbocycles. The van der Waals surface area contributed by atoms with Crippen LogP contribution in [0.2, 0.25) is 0 Å². The molecule has 2 aromatic rings. The fourth-order valence-electron chi connectivity index (χ4n) is 1.12. The Bertz CT molecular complexity index is 431. The smallest absolute Gasteiger partial charge is 0.151 e. The molecule has 1 heterocycles. The monoisotopic (exact) mass is 224 g/mol. The van der Waals surface area contributed by atoms with Crippen LogP contribution >= 0.6 is 15.9 Å². The quantitative estimate of drug-likeness (QED) is 0.698. The molecule has 0 N–H and O–H groups in total. The third kappa shape index (κ3) is 0.975. The van der Waals surface area contributed by atoms with Crippen molar-refractivity contribution in [3.63, 3.8) is 0 Å². The lowest BCUT2D eigenvalue weighted by Crippen LogP contribution is -1.80. The minimum absolute atomic E-state index is 0.643. The maximum atomic E-state index is 10.5. The summed E-state index contributed by atoms with van der Waals surface area (Å²) in [6, 6.07) is 5.33. The van der Waals surface area contributed by atoms with Gasteiger partial charge in [-0.15, -0.1) is 0 Å².